The van der Waals surface area contributed by atoms with Crippen molar-refractivity contribution in [2.24, 2.45) is 0 Å². The molecule has 0 bridgehead atoms. The number of anilines is 1. The molecule has 0 aromatic heterocycles. The second-order valence-corrected chi connectivity index (χ2v) is 5.03. The Morgan fingerprint density at radius 3 is 2.62 bits per heavy atom. The van der Waals surface area contributed by atoms with Crippen molar-refractivity contribution in [3.05, 3.63) is 59.2 Å². The van der Waals surface area contributed by atoms with Gasteiger partial charge in [0, 0.05) is 5.69 Å². The summed E-state index contributed by atoms with van der Waals surface area (Å²) in [5.74, 6) is 0.387. The van der Waals surface area contributed by atoms with Crippen LogP contribution in [0.25, 0.3) is 0 Å². The normalized spacial score (nSPS) is 11.8. The van der Waals surface area contributed by atoms with Gasteiger partial charge in [0.25, 0.3) is 5.91 Å². The van der Waals surface area contributed by atoms with Gasteiger partial charge >= 0.3 is 0 Å². The van der Waals surface area contributed by atoms with E-state index in [1.54, 1.807) is 13.2 Å². The number of carbonyl (C=O) groups excluding carboxylic acids is 1. The summed E-state index contributed by atoms with van der Waals surface area (Å²) in [6.07, 6.45) is 0. The van der Waals surface area contributed by atoms with Gasteiger partial charge in [-0.3, -0.25) is 4.79 Å². The zero-order valence-electron chi connectivity index (χ0n) is 12.5. The van der Waals surface area contributed by atoms with Gasteiger partial charge in [0.05, 0.1) is 18.7 Å². The van der Waals surface area contributed by atoms with Crippen LogP contribution in [0.15, 0.2) is 42.5 Å². The molecule has 2 aromatic rings. The molecule has 0 spiro atoms. The van der Waals surface area contributed by atoms with Gasteiger partial charge in [0.2, 0.25) is 0 Å². The van der Waals surface area contributed by atoms with Crippen LogP contribution in [0.5, 0.6) is 5.75 Å². The minimum Gasteiger partial charge on any atom is -0.496 e. The Labute approximate surface area is 124 Å². The topological polar surface area (TPSA) is 64.3 Å². The highest BCUT2D eigenvalue weighted by atomic mass is 16.5. The minimum atomic E-state index is -0.177. The number of nitrogens with two attached hydrogens (primary N) is 1. The Kier molecular flexibility index (Phi) is 4.48. The van der Waals surface area contributed by atoms with Crippen LogP contribution in [0, 0.1) is 6.92 Å². The first-order chi connectivity index (χ1) is 10.0. The van der Waals surface area contributed by atoms with Crippen molar-refractivity contribution in [1.29, 1.82) is 0 Å². The third kappa shape index (κ3) is 3.34. The molecule has 2 aromatic carbocycles. The van der Waals surface area contributed by atoms with E-state index in [2.05, 4.69) is 5.32 Å². The summed E-state index contributed by atoms with van der Waals surface area (Å²) in [5, 5.41) is 2.96. The molecule has 1 amide bonds. The molecule has 1 unspecified atom stereocenters. The number of nitrogens with one attached hydrogen (secondary N) is 1. The number of nitrogen functional groups attached to an aromatic ring is 1. The number of methoxy groups -OCH3 is 1. The lowest BCUT2D eigenvalue weighted by Gasteiger charge is -2.17. The van der Waals surface area contributed by atoms with Crippen molar-refractivity contribution < 1.29 is 9.53 Å². The molecule has 0 aliphatic carbocycles. The maximum atomic E-state index is 12.4. The molecular weight excluding hydrogens is 264 g/mol. The number of amides is 1. The average Bonchev–Trinajstić information content (AvgIpc) is 2.47. The lowest BCUT2D eigenvalue weighted by atomic mass is 10.0. The first-order valence-corrected chi connectivity index (χ1v) is 6.83. The predicted molar refractivity (Wildman–Crippen MR) is 84.5 cm³/mol. The van der Waals surface area contributed by atoms with Gasteiger partial charge in [-0.05, 0) is 37.6 Å². The molecule has 3 N–H and O–H groups in total. The van der Waals surface area contributed by atoms with Crippen molar-refractivity contribution in [2.45, 2.75) is 19.9 Å². The van der Waals surface area contributed by atoms with Gasteiger partial charge < -0.3 is 15.8 Å². The fourth-order valence-electron chi connectivity index (χ4n) is 2.26. The highest BCUT2D eigenvalue weighted by Crippen LogP contribution is 2.23. The lowest BCUT2D eigenvalue weighted by molar-refractivity contribution is 0.0937. The summed E-state index contributed by atoms with van der Waals surface area (Å²) in [6.45, 7) is 3.85. The van der Waals surface area contributed by atoms with E-state index in [9.17, 15) is 4.79 Å². The number of aryl methyl sites for hydroxylation is 1. The number of hydrogen-bond donors (Lipinski definition) is 2. The summed E-state index contributed by atoms with van der Waals surface area (Å²) < 4.78 is 5.25. The number of para-hydroxylation sites is 1. The lowest BCUT2D eigenvalue weighted by Crippen LogP contribution is -2.27. The highest BCUT2D eigenvalue weighted by Gasteiger charge is 2.16. The van der Waals surface area contributed by atoms with Crippen LogP contribution in [0.4, 0.5) is 5.69 Å². The van der Waals surface area contributed by atoms with E-state index in [1.165, 1.54) is 0 Å². The Hall–Kier alpha value is -2.49. The van der Waals surface area contributed by atoms with Crippen molar-refractivity contribution in [1.82, 2.24) is 5.32 Å². The molecule has 4 nitrogen and oxygen atoms in total. The van der Waals surface area contributed by atoms with E-state index in [1.807, 2.05) is 50.2 Å². The second kappa shape index (κ2) is 6.31. The molecule has 4 heteroatoms. The first kappa shape index (κ1) is 14.9. The van der Waals surface area contributed by atoms with Crippen molar-refractivity contribution in [3.63, 3.8) is 0 Å². The summed E-state index contributed by atoms with van der Waals surface area (Å²) in [5.41, 5.74) is 9.04. The smallest absolute Gasteiger partial charge is 0.255 e. The Morgan fingerprint density at radius 2 is 1.95 bits per heavy atom. The fourth-order valence-corrected chi connectivity index (χ4v) is 2.26. The Balaban J connectivity index is 2.22. The second-order valence-electron chi connectivity index (χ2n) is 5.03. The van der Waals surface area contributed by atoms with Gasteiger partial charge in [-0.15, -0.1) is 0 Å². The molecule has 0 fully saturated rings. The van der Waals surface area contributed by atoms with Crippen LogP contribution >= 0.6 is 0 Å². The van der Waals surface area contributed by atoms with Gasteiger partial charge in [-0.2, -0.15) is 0 Å². The monoisotopic (exact) mass is 284 g/mol. The molecule has 0 saturated heterocycles. The number of rotatable bonds is 4. The summed E-state index contributed by atoms with van der Waals surface area (Å²) in [6, 6.07) is 12.9. The average molecular weight is 284 g/mol. The van der Waals surface area contributed by atoms with Crippen molar-refractivity contribution in [2.75, 3.05) is 12.8 Å². The zero-order chi connectivity index (χ0) is 15.4. The quantitative estimate of drug-likeness (QED) is 0.848. The van der Waals surface area contributed by atoms with Crippen LogP contribution in [0.3, 0.4) is 0 Å². The number of hydrogen-bond acceptors (Lipinski definition) is 3. The van der Waals surface area contributed by atoms with Crippen molar-refractivity contribution >= 4 is 11.6 Å². The molecule has 110 valence electrons. The maximum absolute atomic E-state index is 12.4. The third-order valence-electron chi connectivity index (χ3n) is 3.41. The van der Waals surface area contributed by atoms with Crippen molar-refractivity contribution in [3.8, 4) is 5.75 Å². The molecule has 1 atom stereocenters. The van der Waals surface area contributed by atoms with E-state index in [0.717, 1.165) is 11.1 Å². The van der Waals surface area contributed by atoms with E-state index >= 15 is 0 Å². The number of ether oxygens (including phenoxy) is 1. The predicted octanol–water partition coefficient (Wildman–Crippen LogP) is 3.08. The summed E-state index contributed by atoms with van der Waals surface area (Å²) >= 11 is 0. The summed E-state index contributed by atoms with van der Waals surface area (Å²) in [7, 11) is 1.56. The van der Waals surface area contributed by atoms with Crippen LogP contribution < -0.4 is 15.8 Å². The van der Waals surface area contributed by atoms with E-state index in [-0.39, 0.29) is 11.9 Å². The van der Waals surface area contributed by atoms with Crippen LogP contribution in [-0.2, 0) is 0 Å². The zero-order valence-corrected chi connectivity index (χ0v) is 12.5. The Bertz CT molecular complexity index is 653. The molecule has 21 heavy (non-hydrogen) atoms. The maximum Gasteiger partial charge on any atom is 0.255 e. The van der Waals surface area contributed by atoms with E-state index in [4.69, 9.17) is 10.5 Å². The molecule has 0 aliphatic heterocycles. The van der Waals surface area contributed by atoms with Crippen LogP contribution in [0.1, 0.15) is 34.5 Å². The molecule has 0 radical (unpaired) electrons. The standard InChI is InChI=1S/C17H20N2O2/c1-11-8-9-16(21-3)14(10-11)17(20)19-12(2)13-6-4-5-7-15(13)18/h4-10,12H,18H2,1-3H3,(H,19,20). The van der Waals surface area contributed by atoms with Crippen LogP contribution in [0.2, 0.25) is 0 Å². The molecular formula is C17H20N2O2. The minimum absolute atomic E-state index is 0.175. The molecule has 0 saturated carbocycles. The van der Waals surface area contributed by atoms with E-state index < -0.39 is 0 Å². The highest BCUT2D eigenvalue weighted by molar-refractivity contribution is 5.97. The van der Waals surface area contributed by atoms with Gasteiger partial charge in [-0.1, -0.05) is 29.8 Å². The third-order valence-corrected chi connectivity index (χ3v) is 3.41. The molecule has 0 heterocycles. The first-order valence-electron chi connectivity index (χ1n) is 6.83. The van der Waals surface area contributed by atoms with Gasteiger partial charge in [0.1, 0.15) is 5.75 Å². The number of carbonyl (C=O) groups is 1. The molecule has 0 aliphatic rings. The van der Waals surface area contributed by atoms with Gasteiger partial charge in [0.15, 0.2) is 0 Å². The van der Waals surface area contributed by atoms with Crippen LogP contribution in [-0.4, -0.2) is 13.0 Å². The fraction of sp³-hybridized carbons (Fsp3) is 0.235. The van der Waals surface area contributed by atoms with E-state index in [0.29, 0.717) is 17.0 Å². The SMILES string of the molecule is COc1ccc(C)cc1C(=O)NC(C)c1ccccc1N. The number of benzene rings is 2. The summed E-state index contributed by atoms with van der Waals surface area (Å²) in [4.78, 5) is 12.4. The Morgan fingerprint density at radius 1 is 1.24 bits per heavy atom. The molecule has 2 rings (SSSR count). The van der Waals surface area contributed by atoms with Gasteiger partial charge in [-0.25, -0.2) is 0 Å². The largest absolute Gasteiger partial charge is 0.496 e.